The second-order valence-electron chi connectivity index (χ2n) is 6.71. The number of nitrogens with zero attached hydrogens (tertiary/aromatic N) is 2. The average molecular weight is 372 g/mol. The van der Waals surface area contributed by atoms with Crippen molar-refractivity contribution >= 4 is 5.96 Å². The molecule has 1 aliphatic rings. The van der Waals surface area contributed by atoms with E-state index in [4.69, 9.17) is 0 Å². The molecule has 0 aromatic heterocycles. The molecule has 1 unspecified atom stereocenters. The van der Waals surface area contributed by atoms with Gasteiger partial charge in [0, 0.05) is 25.7 Å². The number of halogens is 2. The van der Waals surface area contributed by atoms with Gasteiger partial charge in [-0.15, -0.1) is 0 Å². The summed E-state index contributed by atoms with van der Waals surface area (Å²) in [4.78, 5) is 6.68. The van der Waals surface area contributed by atoms with E-state index in [0.29, 0.717) is 12.5 Å². The minimum absolute atomic E-state index is 0.170. The molecule has 144 valence electrons. The lowest BCUT2D eigenvalue weighted by atomic mass is 10.1. The number of hydrogen-bond donors (Lipinski definition) is 2. The molecule has 1 heterocycles. The molecule has 2 aromatic carbocycles. The lowest BCUT2D eigenvalue weighted by Gasteiger charge is -2.29. The van der Waals surface area contributed by atoms with E-state index in [1.807, 2.05) is 6.07 Å². The Kier molecular flexibility index (Phi) is 6.76. The molecule has 0 amide bonds. The first-order chi connectivity index (χ1) is 13.2. The van der Waals surface area contributed by atoms with Crippen LogP contribution in [0.4, 0.5) is 8.78 Å². The van der Waals surface area contributed by atoms with Gasteiger partial charge >= 0.3 is 0 Å². The van der Waals surface area contributed by atoms with Crippen LogP contribution in [0, 0.1) is 11.6 Å². The summed E-state index contributed by atoms with van der Waals surface area (Å²) in [5, 5.41) is 6.40. The average Bonchev–Trinajstić information content (AvgIpc) is 3.22. The maximum Gasteiger partial charge on any atom is 0.191 e. The molecule has 3 rings (SSSR count). The van der Waals surface area contributed by atoms with Gasteiger partial charge in [0.1, 0.15) is 11.6 Å². The first kappa shape index (κ1) is 19.3. The molecule has 0 radical (unpaired) electrons. The Labute approximate surface area is 159 Å². The zero-order chi connectivity index (χ0) is 19.1. The second kappa shape index (κ2) is 9.46. The molecule has 0 saturated carbocycles. The summed E-state index contributed by atoms with van der Waals surface area (Å²) in [6.07, 6.45) is 2.43. The van der Waals surface area contributed by atoms with Crippen molar-refractivity contribution in [2.24, 2.45) is 4.99 Å². The van der Waals surface area contributed by atoms with Crippen LogP contribution in [0.1, 0.15) is 30.0 Å². The largest absolute Gasteiger partial charge is 0.354 e. The van der Waals surface area contributed by atoms with E-state index in [2.05, 4.69) is 44.8 Å². The highest BCUT2D eigenvalue weighted by Crippen LogP contribution is 2.24. The van der Waals surface area contributed by atoms with E-state index in [1.54, 1.807) is 7.05 Å². The molecule has 2 N–H and O–H groups in total. The van der Waals surface area contributed by atoms with Crippen molar-refractivity contribution < 1.29 is 8.78 Å². The summed E-state index contributed by atoms with van der Waals surface area (Å²) in [5.74, 6) is -0.313. The third kappa shape index (κ3) is 5.26. The van der Waals surface area contributed by atoms with Crippen molar-refractivity contribution in [3.63, 3.8) is 0 Å². The van der Waals surface area contributed by atoms with Crippen molar-refractivity contribution in [1.29, 1.82) is 0 Å². The van der Waals surface area contributed by atoms with E-state index in [-0.39, 0.29) is 18.2 Å². The van der Waals surface area contributed by atoms with Gasteiger partial charge in [-0.2, -0.15) is 0 Å². The van der Waals surface area contributed by atoms with Gasteiger partial charge in [0.2, 0.25) is 0 Å². The van der Waals surface area contributed by atoms with E-state index < -0.39 is 11.6 Å². The topological polar surface area (TPSA) is 39.7 Å². The van der Waals surface area contributed by atoms with Crippen molar-refractivity contribution in [3.8, 4) is 0 Å². The molecule has 2 aromatic rings. The van der Waals surface area contributed by atoms with Crippen molar-refractivity contribution in [2.75, 3.05) is 26.7 Å². The molecule has 0 spiro atoms. The lowest BCUT2D eigenvalue weighted by molar-refractivity contribution is 0.245. The number of hydrogen-bond acceptors (Lipinski definition) is 2. The van der Waals surface area contributed by atoms with E-state index in [1.165, 1.54) is 24.5 Å². The van der Waals surface area contributed by atoms with E-state index in [9.17, 15) is 8.78 Å². The predicted molar refractivity (Wildman–Crippen MR) is 105 cm³/mol. The van der Waals surface area contributed by atoms with Gasteiger partial charge in [-0.3, -0.25) is 9.89 Å². The highest BCUT2D eigenvalue weighted by atomic mass is 19.1. The van der Waals surface area contributed by atoms with Gasteiger partial charge in [-0.25, -0.2) is 8.78 Å². The Balaban J connectivity index is 1.62. The summed E-state index contributed by atoms with van der Waals surface area (Å²) >= 11 is 0. The predicted octanol–water partition coefficient (Wildman–Crippen LogP) is 3.47. The number of guanidine groups is 1. The van der Waals surface area contributed by atoms with Crippen LogP contribution in [0.25, 0.3) is 0 Å². The molecule has 0 aliphatic carbocycles. The number of benzene rings is 2. The lowest BCUT2D eigenvalue weighted by Crippen LogP contribution is -2.42. The zero-order valence-electron chi connectivity index (χ0n) is 15.6. The number of aliphatic imine (C=N–C) groups is 1. The van der Waals surface area contributed by atoms with Crippen molar-refractivity contribution in [1.82, 2.24) is 15.5 Å². The number of nitrogens with one attached hydrogen (secondary N) is 2. The Hall–Kier alpha value is -2.47. The smallest absolute Gasteiger partial charge is 0.191 e. The molecule has 1 saturated heterocycles. The van der Waals surface area contributed by atoms with Crippen LogP contribution in [0.3, 0.4) is 0 Å². The summed E-state index contributed by atoms with van der Waals surface area (Å²) in [7, 11) is 1.67. The van der Waals surface area contributed by atoms with Gasteiger partial charge < -0.3 is 10.6 Å². The SMILES string of the molecule is CN=C(NCc1cc(F)ccc1F)NCC(c1ccccc1)N1CCCC1. The van der Waals surface area contributed by atoms with Crippen LogP contribution < -0.4 is 10.6 Å². The monoisotopic (exact) mass is 372 g/mol. The first-order valence-electron chi connectivity index (χ1n) is 9.35. The first-order valence-corrected chi connectivity index (χ1v) is 9.35. The molecular weight excluding hydrogens is 346 g/mol. The number of rotatable bonds is 6. The molecule has 6 heteroatoms. The van der Waals surface area contributed by atoms with Gasteiger partial charge in [0.15, 0.2) is 5.96 Å². The van der Waals surface area contributed by atoms with E-state index in [0.717, 1.165) is 25.2 Å². The zero-order valence-corrected chi connectivity index (χ0v) is 15.6. The number of likely N-dealkylation sites (tertiary alicyclic amines) is 1. The summed E-state index contributed by atoms with van der Waals surface area (Å²) in [6.45, 7) is 3.03. The van der Waals surface area contributed by atoms with E-state index >= 15 is 0 Å². The van der Waals surface area contributed by atoms with Crippen LogP contribution in [0.5, 0.6) is 0 Å². The molecule has 0 bridgehead atoms. The normalized spacial score (nSPS) is 16.3. The molecule has 27 heavy (non-hydrogen) atoms. The van der Waals surface area contributed by atoms with Gasteiger partial charge in [-0.1, -0.05) is 30.3 Å². The third-order valence-corrected chi connectivity index (χ3v) is 4.91. The Morgan fingerprint density at radius 3 is 2.52 bits per heavy atom. The molecular formula is C21H26F2N4. The van der Waals surface area contributed by atoms with Gasteiger partial charge in [0.05, 0.1) is 6.04 Å². The molecule has 1 aliphatic heterocycles. The highest BCUT2D eigenvalue weighted by molar-refractivity contribution is 5.79. The Morgan fingerprint density at radius 1 is 1.07 bits per heavy atom. The second-order valence-corrected chi connectivity index (χ2v) is 6.71. The quantitative estimate of drug-likeness (QED) is 0.603. The highest BCUT2D eigenvalue weighted by Gasteiger charge is 2.23. The van der Waals surface area contributed by atoms with Crippen LogP contribution in [0.2, 0.25) is 0 Å². The fourth-order valence-corrected chi connectivity index (χ4v) is 3.46. The molecule has 1 atom stereocenters. The fraction of sp³-hybridized carbons (Fsp3) is 0.381. The minimum Gasteiger partial charge on any atom is -0.354 e. The minimum atomic E-state index is -0.450. The van der Waals surface area contributed by atoms with Crippen LogP contribution in [-0.2, 0) is 6.54 Å². The third-order valence-electron chi connectivity index (χ3n) is 4.91. The molecule has 4 nitrogen and oxygen atoms in total. The Morgan fingerprint density at radius 2 is 1.81 bits per heavy atom. The summed E-state index contributed by atoms with van der Waals surface area (Å²) in [5.41, 5.74) is 1.54. The molecule has 1 fully saturated rings. The van der Waals surface area contributed by atoms with Crippen LogP contribution in [0.15, 0.2) is 53.5 Å². The Bertz CT molecular complexity index is 758. The summed E-state index contributed by atoms with van der Waals surface area (Å²) in [6, 6.07) is 14.1. The summed E-state index contributed by atoms with van der Waals surface area (Å²) < 4.78 is 27.1. The van der Waals surface area contributed by atoms with Crippen molar-refractivity contribution in [2.45, 2.75) is 25.4 Å². The maximum atomic E-state index is 13.8. The van der Waals surface area contributed by atoms with Gasteiger partial charge in [0.25, 0.3) is 0 Å². The van der Waals surface area contributed by atoms with Crippen LogP contribution >= 0.6 is 0 Å². The van der Waals surface area contributed by atoms with Crippen molar-refractivity contribution in [3.05, 3.63) is 71.3 Å². The maximum absolute atomic E-state index is 13.8. The standard InChI is InChI=1S/C21H26F2N4/c1-24-21(25-14-17-13-18(22)9-10-19(17)23)26-15-20(27-11-5-6-12-27)16-7-3-2-4-8-16/h2-4,7-10,13,20H,5-6,11-12,14-15H2,1H3,(H2,24,25,26). The van der Waals surface area contributed by atoms with Gasteiger partial charge in [-0.05, 0) is 49.7 Å². The van der Waals surface area contributed by atoms with Crippen LogP contribution in [-0.4, -0.2) is 37.5 Å². The fourth-order valence-electron chi connectivity index (χ4n) is 3.46.